The second kappa shape index (κ2) is 4.12. The highest BCUT2D eigenvalue weighted by atomic mass is 35.5. The molecule has 0 radical (unpaired) electrons. The number of hydrogen-bond acceptors (Lipinski definition) is 5. The average Bonchev–Trinajstić information content (AvgIpc) is 2.69. The van der Waals surface area contributed by atoms with E-state index in [1.165, 1.54) is 6.20 Å². The first-order valence-corrected chi connectivity index (χ1v) is 6.30. The van der Waals surface area contributed by atoms with Crippen molar-refractivity contribution in [3.05, 3.63) is 23.5 Å². The summed E-state index contributed by atoms with van der Waals surface area (Å²) in [5.74, 6) is -0.185. The van der Waals surface area contributed by atoms with Gasteiger partial charge in [0.25, 0.3) is 0 Å². The first-order chi connectivity index (χ1) is 7.89. The number of rotatable bonds is 2. The molecule has 2 heterocycles. The molecule has 2 rings (SSSR count). The summed E-state index contributed by atoms with van der Waals surface area (Å²) >= 11 is 5.82. The fourth-order valence-corrected chi connectivity index (χ4v) is 2.10. The second-order valence-electron chi connectivity index (χ2n) is 3.10. The summed E-state index contributed by atoms with van der Waals surface area (Å²) in [5.41, 5.74) is 5.42. The van der Waals surface area contributed by atoms with Crippen LogP contribution in [-0.4, -0.2) is 19.8 Å². The van der Waals surface area contributed by atoms with Crippen molar-refractivity contribution in [2.45, 2.75) is 0 Å². The maximum Gasteiger partial charge on any atom is 0.360 e. The quantitative estimate of drug-likeness (QED) is 0.692. The zero-order valence-corrected chi connectivity index (χ0v) is 9.89. The Bertz CT molecular complexity index is 609. The summed E-state index contributed by atoms with van der Waals surface area (Å²) in [6, 6.07) is 1.16. The van der Waals surface area contributed by atoms with Crippen LogP contribution in [0.25, 0.3) is 11.5 Å². The molecule has 0 saturated carbocycles. The normalized spacial score (nSPS) is 11.7. The lowest BCUT2D eigenvalue weighted by Crippen LogP contribution is -2.06. The molecule has 2 aromatic rings. The van der Waals surface area contributed by atoms with Crippen LogP contribution in [0.2, 0.25) is 5.02 Å². The summed E-state index contributed by atoms with van der Waals surface area (Å²) < 4.78 is 16.2. The van der Waals surface area contributed by atoms with E-state index >= 15 is 0 Å². The van der Waals surface area contributed by atoms with E-state index in [1.54, 1.807) is 0 Å². The molecule has 0 bridgehead atoms. The van der Waals surface area contributed by atoms with Crippen LogP contribution in [0, 0.1) is 0 Å². The van der Waals surface area contributed by atoms with Gasteiger partial charge < -0.3 is 19.9 Å². The van der Waals surface area contributed by atoms with Crippen LogP contribution in [0.3, 0.4) is 0 Å². The summed E-state index contributed by atoms with van der Waals surface area (Å²) in [6.45, 7) is 0. The summed E-state index contributed by atoms with van der Waals surface area (Å²) in [5, 5.41) is -0.207. The summed E-state index contributed by atoms with van der Waals surface area (Å²) in [4.78, 5) is 25.7. The zero-order chi connectivity index (χ0) is 12.6. The minimum Gasteiger partial charge on any atom is -0.462 e. The van der Waals surface area contributed by atoms with E-state index in [1.807, 2.05) is 0 Å². The van der Waals surface area contributed by atoms with Gasteiger partial charge in [-0.15, -0.1) is 0 Å². The molecule has 0 unspecified atom stereocenters. The SMILES string of the molecule is Nc1ncc(Cl)c(-c2occc2P(=O)(O)O)n1. The van der Waals surface area contributed by atoms with Crippen molar-refractivity contribution in [3.8, 4) is 11.5 Å². The fourth-order valence-electron chi connectivity index (χ4n) is 1.25. The molecule has 90 valence electrons. The van der Waals surface area contributed by atoms with Gasteiger partial charge in [0.1, 0.15) is 11.0 Å². The molecule has 0 amide bonds. The largest absolute Gasteiger partial charge is 0.462 e. The monoisotopic (exact) mass is 275 g/mol. The highest BCUT2D eigenvalue weighted by Crippen LogP contribution is 2.39. The van der Waals surface area contributed by atoms with E-state index in [-0.39, 0.29) is 27.7 Å². The molecule has 0 aromatic carbocycles. The van der Waals surface area contributed by atoms with Crippen molar-refractivity contribution in [2.24, 2.45) is 0 Å². The van der Waals surface area contributed by atoms with Gasteiger partial charge >= 0.3 is 7.60 Å². The minimum atomic E-state index is -4.46. The molecule has 17 heavy (non-hydrogen) atoms. The number of halogens is 1. The molecular weight excluding hydrogens is 269 g/mol. The molecule has 9 heteroatoms. The average molecular weight is 276 g/mol. The Morgan fingerprint density at radius 2 is 2.18 bits per heavy atom. The number of nitrogens with two attached hydrogens (primary N) is 1. The molecule has 0 aliphatic rings. The van der Waals surface area contributed by atoms with E-state index in [0.29, 0.717) is 0 Å². The topological polar surface area (TPSA) is 122 Å². The Hall–Kier alpha value is -1.40. The number of nitrogens with zero attached hydrogens (tertiary/aromatic N) is 2. The number of aromatic nitrogens is 2. The molecule has 0 saturated heterocycles. The van der Waals surface area contributed by atoms with Gasteiger partial charge in [-0.05, 0) is 6.07 Å². The van der Waals surface area contributed by atoms with Crippen LogP contribution >= 0.6 is 19.2 Å². The smallest absolute Gasteiger partial charge is 0.360 e. The lowest BCUT2D eigenvalue weighted by Gasteiger charge is -2.05. The molecule has 4 N–H and O–H groups in total. The van der Waals surface area contributed by atoms with E-state index in [2.05, 4.69) is 9.97 Å². The Balaban J connectivity index is 2.66. The van der Waals surface area contributed by atoms with Crippen LogP contribution < -0.4 is 11.0 Å². The van der Waals surface area contributed by atoms with Crippen molar-refractivity contribution < 1.29 is 18.8 Å². The number of anilines is 1. The van der Waals surface area contributed by atoms with Gasteiger partial charge in [-0.25, -0.2) is 9.97 Å². The third kappa shape index (κ3) is 2.32. The standard InChI is InChI=1S/C8H7ClN3O4P/c9-4-3-11-8(10)12-6(4)7-5(1-2-16-7)17(13,14)15/h1-3H,(H2,10,11,12)(H2,13,14,15). The van der Waals surface area contributed by atoms with Gasteiger partial charge in [0.2, 0.25) is 5.95 Å². The summed E-state index contributed by atoms with van der Waals surface area (Å²) in [6.07, 6.45) is 2.36. The van der Waals surface area contributed by atoms with Gasteiger partial charge in [-0.1, -0.05) is 11.6 Å². The maximum absolute atomic E-state index is 11.2. The van der Waals surface area contributed by atoms with E-state index < -0.39 is 7.60 Å². The zero-order valence-electron chi connectivity index (χ0n) is 8.24. The van der Waals surface area contributed by atoms with Gasteiger partial charge in [0.05, 0.1) is 17.5 Å². The predicted molar refractivity (Wildman–Crippen MR) is 60.8 cm³/mol. The van der Waals surface area contributed by atoms with Crippen LogP contribution in [-0.2, 0) is 4.57 Å². The summed E-state index contributed by atoms with van der Waals surface area (Å²) in [7, 11) is -4.46. The van der Waals surface area contributed by atoms with Crippen molar-refractivity contribution in [1.29, 1.82) is 0 Å². The van der Waals surface area contributed by atoms with E-state index in [9.17, 15) is 4.57 Å². The number of furan rings is 1. The van der Waals surface area contributed by atoms with Crippen molar-refractivity contribution in [3.63, 3.8) is 0 Å². The van der Waals surface area contributed by atoms with Crippen molar-refractivity contribution in [2.75, 3.05) is 5.73 Å². The molecule has 2 aromatic heterocycles. The molecule has 7 nitrogen and oxygen atoms in total. The Kier molecular flexibility index (Phi) is 2.92. The van der Waals surface area contributed by atoms with Crippen molar-refractivity contribution in [1.82, 2.24) is 9.97 Å². The molecule has 0 aliphatic carbocycles. The van der Waals surface area contributed by atoms with Gasteiger partial charge in [-0.2, -0.15) is 0 Å². The molecular formula is C8H7ClN3O4P. The Morgan fingerprint density at radius 1 is 1.47 bits per heavy atom. The first kappa shape index (κ1) is 12.1. The van der Waals surface area contributed by atoms with Gasteiger partial charge in [0.15, 0.2) is 5.76 Å². The fraction of sp³-hybridized carbons (Fsp3) is 0. The molecule has 0 spiro atoms. The molecule has 0 atom stereocenters. The third-order valence-corrected chi connectivity index (χ3v) is 3.19. The van der Waals surface area contributed by atoms with Gasteiger partial charge in [0, 0.05) is 0 Å². The highest BCUT2D eigenvalue weighted by Gasteiger charge is 2.27. The van der Waals surface area contributed by atoms with Crippen LogP contribution in [0.1, 0.15) is 0 Å². The first-order valence-electron chi connectivity index (χ1n) is 4.31. The Labute approximate surface area is 100 Å². The van der Waals surface area contributed by atoms with E-state index in [0.717, 1.165) is 12.3 Å². The maximum atomic E-state index is 11.2. The third-order valence-electron chi connectivity index (χ3n) is 1.94. The predicted octanol–water partition coefficient (Wildman–Crippen LogP) is 0.775. The van der Waals surface area contributed by atoms with Crippen LogP contribution in [0.4, 0.5) is 5.95 Å². The molecule has 0 aliphatic heterocycles. The number of hydrogen-bond donors (Lipinski definition) is 3. The van der Waals surface area contributed by atoms with E-state index in [4.69, 9.17) is 31.5 Å². The Morgan fingerprint density at radius 3 is 2.82 bits per heavy atom. The number of nitrogen functional groups attached to an aromatic ring is 1. The van der Waals surface area contributed by atoms with Crippen molar-refractivity contribution >= 4 is 30.4 Å². The van der Waals surface area contributed by atoms with Crippen LogP contribution in [0.15, 0.2) is 22.9 Å². The lowest BCUT2D eigenvalue weighted by molar-refractivity contribution is 0.387. The second-order valence-corrected chi connectivity index (χ2v) is 5.08. The lowest BCUT2D eigenvalue weighted by atomic mass is 10.3. The van der Waals surface area contributed by atoms with Crippen LogP contribution in [0.5, 0.6) is 0 Å². The molecule has 0 fully saturated rings. The minimum absolute atomic E-state index is 0.0440. The highest BCUT2D eigenvalue weighted by molar-refractivity contribution is 7.60. The van der Waals surface area contributed by atoms with Gasteiger partial charge in [-0.3, -0.25) is 4.57 Å².